The Morgan fingerprint density at radius 3 is 2.56 bits per heavy atom. The number of ether oxygens (including phenoxy) is 1. The second kappa shape index (κ2) is 9.64. The maximum Gasteiger partial charge on any atom is 0.422 e. The summed E-state index contributed by atoms with van der Waals surface area (Å²) in [4.78, 5) is 22.1. The monoisotopic (exact) mass is 441 g/mol. The molecule has 0 unspecified atom stereocenters. The Morgan fingerprint density at radius 2 is 1.94 bits per heavy atom. The summed E-state index contributed by atoms with van der Waals surface area (Å²) in [7, 11) is 0. The first-order valence-electron chi connectivity index (χ1n) is 9.77. The number of allylic oxidation sites excluding steroid dienone is 6. The summed E-state index contributed by atoms with van der Waals surface area (Å²) in [6.07, 6.45) is 3.92. The molecule has 32 heavy (non-hydrogen) atoms. The van der Waals surface area contributed by atoms with Gasteiger partial charge in [-0.15, -0.1) is 0 Å². The van der Waals surface area contributed by atoms with E-state index in [0.717, 1.165) is 28.6 Å². The van der Waals surface area contributed by atoms with Crippen LogP contribution in [0.4, 0.5) is 13.2 Å². The first-order chi connectivity index (χ1) is 15.2. The van der Waals surface area contributed by atoms with Crippen molar-refractivity contribution in [1.82, 2.24) is 14.9 Å². The van der Waals surface area contributed by atoms with Gasteiger partial charge in [-0.25, -0.2) is 9.97 Å². The van der Waals surface area contributed by atoms with Crippen molar-refractivity contribution in [3.63, 3.8) is 0 Å². The third-order valence-corrected chi connectivity index (χ3v) is 4.77. The SMILES string of the molecule is C=C/C=C(\C=C(\C)C=C)c1ccc(CN2Cc3ncnc(OCC(F)(F)F)c3C2=O)cc1. The zero-order chi connectivity index (χ0) is 23.3. The van der Waals surface area contributed by atoms with Crippen LogP contribution in [0.15, 0.2) is 73.6 Å². The average molecular weight is 441 g/mol. The summed E-state index contributed by atoms with van der Waals surface area (Å²) < 4.78 is 42.2. The first-order valence-corrected chi connectivity index (χ1v) is 9.77. The number of hydrogen-bond acceptors (Lipinski definition) is 4. The predicted octanol–water partition coefficient (Wildman–Crippen LogP) is 5.28. The fraction of sp³-hybridized carbons (Fsp3) is 0.208. The van der Waals surface area contributed by atoms with E-state index in [2.05, 4.69) is 23.1 Å². The van der Waals surface area contributed by atoms with Gasteiger partial charge in [0.1, 0.15) is 11.9 Å². The average Bonchev–Trinajstić information content (AvgIpc) is 3.07. The van der Waals surface area contributed by atoms with E-state index in [1.165, 1.54) is 4.90 Å². The Balaban J connectivity index is 1.75. The van der Waals surface area contributed by atoms with Crippen LogP contribution >= 0.6 is 0 Å². The van der Waals surface area contributed by atoms with Gasteiger partial charge in [0.15, 0.2) is 6.61 Å². The Morgan fingerprint density at radius 1 is 1.22 bits per heavy atom. The van der Waals surface area contributed by atoms with Crippen molar-refractivity contribution >= 4 is 11.5 Å². The summed E-state index contributed by atoms with van der Waals surface area (Å²) in [5, 5.41) is 0. The van der Waals surface area contributed by atoms with Crippen LogP contribution in [-0.4, -0.2) is 33.6 Å². The highest BCUT2D eigenvalue weighted by atomic mass is 19.4. The van der Waals surface area contributed by atoms with Gasteiger partial charge in [-0.2, -0.15) is 13.2 Å². The molecule has 166 valence electrons. The van der Waals surface area contributed by atoms with Crippen LogP contribution in [0.5, 0.6) is 5.88 Å². The standard InChI is InChI=1S/C24H22F3N3O2/c1-4-6-19(11-16(3)5-2)18-9-7-17(8-10-18)12-30-13-20-21(23(30)31)22(29-15-28-20)32-14-24(25,26)27/h4-11,15H,1-2,12-14H2,3H3/b16-11-,19-6+. The molecule has 0 saturated carbocycles. The van der Waals surface area contributed by atoms with Crippen molar-refractivity contribution < 1.29 is 22.7 Å². The van der Waals surface area contributed by atoms with Crippen molar-refractivity contribution in [3.05, 3.63) is 96.0 Å². The Bertz CT molecular complexity index is 1090. The molecule has 0 atom stereocenters. The van der Waals surface area contributed by atoms with E-state index >= 15 is 0 Å². The topological polar surface area (TPSA) is 55.3 Å². The quantitative estimate of drug-likeness (QED) is 0.524. The lowest BCUT2D eigenvalue weighted by Gasteiger charge is -2.16. The van der Waals surface area contributed by atoms with E-state index in [0.29, 0.717) is 5.69 Å². The van der Waals surface area contributed by atoms with Crippen LogP contribution in [0.25, 0.3) is 5.57 Å². The van der Waals surface area contributed by atoms with Gasteiger partial charge < -0.3 is 9.64 Å². The van der Waals surface area contributed by atoms with E-state index in [4.69, 9.17) is 4.74 Å². The molecule has 0 spiro atoms. The molecule has 0 fully saturated rings. The molecule has 1 aliphatic rings. The molecule has 0 saturated heterocycles. The van der Waals surface area contributed by atoms with Gasteiger partial charge in [0.2, 0.25) is 5.88 Å². The number of aromatic nitrogens is 2. The van der Waals surface area contributed by atoms with E-state index in [-0.39, 0.29) is 24.5 Å². The van der Waals surface area contributed by atoms with Crippen molar-refractivity contribution in [3.8, 4) is 5.88 Å². The molecule has 5 nitrogen and oxygen atoms in total. The van der Waals surface area contributed by atoms with Crippen LogP contribution in [0.2, 0.25) is 0 Å². The van der Waals surface area contributed by atoms with Crippen LogP contribution < -0.4 is 4.74 Å². The largest absolute Gasteiger partial charge is 0.467 e. The number of fused-ring (bicyclic) bond motifs is 1. The van der Waals surface area contributed by atoms with Crippen molar-refractivity contribution in [2.75, 3.05) is 6.61 Å². The minimum absolute atomic E-state index is 0.0189. The highest BCUT2D eigenvalue weighted by Gasteiger charge is 2.35. The number of halogens is 3. The van der Waals surface area contributed by atoms with Crippen LogP contribution in [-0.2, 0) is 13.1 Å². The maximum atomic E-state index is 12.8. The predicted molar refractivity (Wildman–Crippen MR) is 116 cm³/mol. The lowest BCUT2D eigenvalue weighted by atomic mass is 10.0. The van der Waals surface area contributed by atoms with Crippen molar-refractivity contribution in [2.45, 2.75) is 26.2 Å². The van der Waals surface area contributed by atoms with E-state index in [1.807, 2.05) is 43.3 Å². The maximum absolute atomic E-state index is 12.8. The number of carbonyl (C=O) groups is 1. The smallest absolute Gasteiger partial charge is 0.422 e. The molecule has 8 heteroatoms. The summed E-state index contributed by atoms with van der Waals surface area (Å²) in [5.74, 6) is -0.808. The fourth-order valence-electron chi connectivity index (χ4n) is 3.22. The van der Waals surface area contributed by atoms with Gasteiger partial charge in [-0.3, -0.25) is 4.79 Å². The van der Waals surface area contributed by atoms with Gasteiger partial charge in [0.05, 0.1) is 12.2 Å². The summed E-state index contributed by atoms with van der Waals surface area (Å²) in [6, 6.07) is 7.66. The minimum Gasteiger partial charge on any atom is -0.467 e. The number of nitrogens with zero attached hydrogens (tertiary/aromatic N) is 3. The lowest BCUT2D eigenvalue weighted by Crippen LogP contribution is -2.24. The Hall–Kier alpha value is -3.68. The van der Waals surface area contributed by atoms with E-state index in [1.54, 1.807) is 12.2 Å². The number of hydrogen-bond donors (Lipinski definition) is 0. The number of alkyl halides is 3. The highest BCUT2D eigenvalue weighted by molar-refractivity contribution is 5.99. The molecule has 0 N–H and O–H groups in total. The molecule has 3 rings (SSSR count). The van der Waals surface area contributed by atoms with E-state index < -0.39 is 18.7 Å². The fourth-order valence-corrected chi connectivity index (χ4v) is 3.22. The molecule has 2 heterocycles. The van der Waals surface area contributed by atoms with Crippen LogP contribution in [0, 0.1) is 0 Å². The van der Waals surface area contributed by atoms with Gasteiger partial charge in [-0.1, -0.05) is 67.3 Å². The van der Waals surface area contributed by atoms with Gasteiger partial charge in [-0.05, 0) is 23.6 Å². The second-order valence-electron chi connectivity index (χ2n) is 7.21. The minimum atomic E-state index is -4.53. The van der Waals surface area contributed by atoms with Crippen LogP contribution in [0.3, 0.4) is 0 Å². The summed E-state index contributed by atoms with van der Waals surface area (Å²) >= 11 is 0. The van der Waals surface area contributed by atoms with E-state index in [9.17, 15) is 18.0 Å². The molecule has 0 radical (unpaired) electrons. The molecule has 1 aromatic heterocycles. The highest BCUT2D eigenvalue weighted by Crippen LogP contribution is 2.30. The van der Waals surface area contributed by atoms with Crippen LogP contribution in [0.1, 0.15) is 34.1 Å². The first kappa shape index (κ1) is 23.0. The van der Waals surface area contributed by atoms with Crippen molar-refractivity contribution in [2.24, 2.45) is 0 Å². The van der Waals surface area contributed by atoms with Crippen molar-refractivity contribution in [1.29, 1.82) is 0 Å². The third kappa shape index (κ3) is 5.51. The normalized spacial score (nSPS) is 14.4. The zero-order valence-electron chi connectivity index (χ0n) is 17.5. The molecule has 2 aromatic rings. The zero-order valence-corrected chi connectivity index (χ0v) is 17.5. The molecule has 1 aliphatic heterocycles. The molecule has 0 bridgehead atoms. The molecular formula is C24H22F3N3O2. The van der Waals surface area contributed by atoms with Gasteiger partial charge in [0, 0.05) is 6.54 Å². The van der Waals surface area contributed by atoms with Gasteiger partial charge >= 0.3 is 6.18 Å². The Kier molecular flexibility index (Phi) is 6.92. The third-order valence-electron chi connectivity index (χ3n) is 4.77. The summed E-state index contributed by atoms with van der Waals surface area (Å²) in [6.45, 7) is 8.38. The molecule has 1 amide bonds. The number of rotatable bonds is 8. The molecule has 1 aromatic carbocycles. The molecule has 0 aliphatic carbocycles. The lowest BCUT2D eigenvalue weighted by molar-refractivity contribution is -0.154. The number of benzene rings is 1. The number of carbonyl (C=O) groups excluding carboxylic acids is 1. The number of amides is 1. The second-order valence-corrected chi connectivity index (χ2v) is 7.21. The van der Waals surface area contributed by atoms with Gasteiger partial charge in [0.25, 0.3) is 5.91 Å². The summed E-state index contributed by atoms with van der Waals surface area (Å²) in [5.41, 5.74) is 4.14. The molecular weight excluding hydrogens is 419 g/mol. The Labute approximate surface area is 184 Å².